The maximum Gasteiger partial charge on any atom is 0.181 e. The molecule has 0 amide bonds. The zero-order chi connectivity index (χ0) is 13.8. The monoisotopic (exact) mass is 267 g/mol. The molecule has 2 rings (SSSR count). The first kappa shape index (κ1) is 13.4. The van der Waals surface area contributed by atoms with Crippen LogP contribution in [0.4, 0.5) is 18.9 Å². The average molecular weight is 267 g/mol. The second-order valence-electron chi connectivity index (χ2n) is 4.02. The van der Waals surface area contributed by atoms with Crippen molar-refractivity contribution in [2.24, 2.45) is 0 Å². The highest BCUT2D eigenvalue weighted by Crippen LogP contribution is 2.20. The fraction of sp³-hybridized carbons (Fsp3) is 0.143. The summed E-state index contributed by atoms with van der Waals surface area (Å²) in [6.07, 6.45) is -1.15. The van der Waals surface area contributed by atoms with Gasteiger partial charge in [-0.1, -0.05) is 24.3 Å². The Hall–Kier alpha value is -2.01. The van der Waals surface area contributed by atoms with Crippen molar-refractivity contribution in [1.82, 2.24) is 0 Å². The number of halogens is 3. The lowest BCUT2D eigenvalue weighted by Gasteiger charge is -2.14. The van der Waals surface area contributed by atoms with E-state index in [2.05, 4.69) is 5.32 Å². The van der Waals surface area contributed by atoms with Crippen molar-refractivity contribution in [3.05, 3.63) is 65.5 Å². The molecule has 2 aromatic carbocycles. The highest BCUT2D eigenvalue weighted by molar-refractivity contribution is 5.45. The third-order valence-corrected chi connectivity index (χ3v) is 2.70. The standard InChI is InChI=1S/C14H12F3NO/c15-10-5-2-1-4-9(10)13(19)8-18-12-7-3-6-11(16)14(12)17/h1-7,13,18-19H,8H2. The molecule has 0 fully saturated rings. The zero-order valence-electron chi connectivity index (χ0n) is 9.91. The van der Waals surface area contributed by atoms with E-state index < -0.39 is 23.6 Å². The van der Waals surface area contributed by atoms with Crippen LogP contribution in [0.3, 0.4) is 0 Å². The van der Waals surface area contributed by atoms with Gasteiger partial charge in [0.1, 0.15) is 5.82 Å². The normalized spacial score (nSPS) is 12.2. The molecule has 2 aromatic rings. The quantitative estimate of drug-likeness (QED) is 0.891. The Bertz CT molecular complexity index is 574. The number of nitrogens with one attached hydrogen (secondary N) is 1. The predicted octanol–water partition coefficient (Wildman–Crippen LogP) is 3.25. The van der Waals surface area contributed by atoms with Crippen molar-refractivity contribution >= 4 is 5.69 Å². The first-order valence-electron chi connectivity index (χ1n) is 5.70. The highest BCUT2D eigenvalue weighted by atomic mass is 19.2. The fourth-order valence-corrected chi connectivity index (χ4v) is 1.70. The Kier molecular flexibility index (Phi) is 4.06. The SMILES string of the molecule is OC(CNc1cccc(F)c1F)c1ccccc1F. The molecule has 1 unspecified atom stereocenters. The summed E-state index contributed by atoms with van der Waals surface area (Å²) in [6.45, 7) is -0.124. The van der Waals surface area contributed by atoms with Gasteiger partial charge in [-0.3, -0.25) is 0 Å². The van der Waals surface area contributed by atoms with E-state index in [9.17, 15) is 18.3 Å². The number of hydrogen-bond donors (Lipinski definition) is 2. The van der Waals surface area contributed by atoms with Crippen molar-refractivity contribution in [2.75, 3.05) is 11.9 Å². The van der Waals surface area contributed by atoms with Gasteiger partial charge in [-0.05, 0) is 18.2 Å². The number of aliphatic hydroxyl groups excluding tert-OH is 1. The lowest BCUT2D eigenvalue weighted by molar-refractivity contribution is 0.186. The molecule has 0 heterocycles. The van der Waals surface area contributed by atoms with Crippen molar-refractivity contribution < 1.29 is 18.3 Å². The molecule has 0 aromatic heterocycles. The molecule has 0 aliphatic carbocycles. The molecule has 0 aliphatic heterocycles. The minimum Gasteiger partial charge on any atom is -0.386 e. The second kappa shape index (κ2) is 5.75. The van der Waals surface area contributed by atoms with Gasteiger partial charge in [0.2, 0.25) is 0 Å². The predicted molar refractivity (Wildman–Crippen MR) is 66.2 cm³/mol. The summed E-state index contributed by atoms with van der Waals surface area (Å²) in [5, 5.41) is 12.4. The molecule has 2 nitrogen and oxygen atoms in total. The van der Waals surface area contributed by atoms with E-state index in [1.807, 2.05) is 0 Å². The van der Waals surface area contributed by atoms with Crippen molar-refractivity contribution in [3.63, 3.8) is 0 Å². The molecule has 0 bridgehead atoms. The molecular formula is C14H12F3NO. The molecule has 19 heavy (non-hydrogen) atoms. The van der Waals surface area contributed by atoms with Gasteiger partial charge >= 0.3 is 0 Å². The molecule has 100 valence electrons. The van der Waals surface area contributed by atoms with Gasteiger partial charge in [-0.15, -0.1) is 0 Å². The van der Waals surface area contributed by atoms with E-state index in [1.54, 1.807) is 6.07 Å². The fourth-order valence-electron chi connectivity index (χ4n) is 1.70. The lowest BCUT2D eigenvalue weighted by Crippen LogP contribution is -2.14. The number of rotatable bonds is 4. The van der Waals surface area contributed by atoms with Crippen LogP contribution in [0.25, 0.3) is 0 Å². The van der Waals surface area contributed by atoms with Crippen LogP contribution in [-0.4, -0.2) is 11.7 Å². The molecule has 0 radical (unpaired) electrons. The summed E-state index contributed by atoms with van der Waals surface area (Å²) < 4.78 is 39.7. The van der Waals surface area contributed by atoms with E-state index >= 15 is 0 Å². The lowest BCUT2D eigenvalue weighted by atomic mass is 10.1. The van der Waals surface area contributed by atoms with Crippen LogP contribution in [0.15, 0.2) is 42.5 Å². The van der Waals surface area contributed by atoms with Crippen LogP contribution in [0, 0.1) is 17.5 Å². The minimum absolute atomic E-state index is 0.0737. The summed E-state index contributed by atoms with van der Waals surface area (Å²) in [7, 11) is 0. The summed E-state index contributed by atoms with van der Waals surface area (Å²) in [5.74, 6) is -2.55. The Morgan fingerprint density at radius 3 is 2.37 bits per heavy atom. The van der Waals surface area contributed by atoms with Crippen LogP contribution in [0.1, 0.15) is 11.7 Å². The van der Waals surface area contributed by atoms with Crippen molar-refractivity contribution in [3.8, 4) is 0 Å². The van der Waals surface area contributed by atoms with E-state index in [0.29, 0.717) is 0 Å². The summed E-state index contributed by atoms with van der Waals surface area (Å²) in [4.78, 5) is 0. The van der Waals surface area contributed by atoms with Crippen LogP contribution >= 0.6 is 0 Å². The third kappa shape index (κ3) is 3.06. The van der Waals surface area contributed by atoms with Crippen molar-refractivity contribution in [2.45, 2.75) is 6.10 Å². The maximum atomic E-state index is 13.4. The van der Waals surface area contributed by atoms with Gasteiger partial charge < -0.3 is 10.4 Å². The molecular weight excluding hydrogens is 255 g/mol. The number of anilines is 1. The van der Waals surface area contributed by atoms with Gasteiger partial charge in [0.05, 0.1) is 11.8 Å². The third-order valence-electron chi connectivity index (χ3n) is 2.70. The van der Waals surface area contributed by atoms with Gasteiger partial charge in [-0.2, -0.15) is 0 Å². The molecule has 0 spiro atoms. The van der Waals surface area contributed by atoms with Gasteiger partial charge in [0.15, 0.2) is 11.6 Å². The second-order valence-corrected chi connectivity index (χ2v) is 4.02. The van der Waals surface area contributed by atoms with Crippen molar-refractivity contribution in [1.29, 1.82) is 0 Å². The summed E-state index contributed by atoms with van der Waals surface area (Å²) in [5.41, 5.74) is 0.0298. The van der Waals surface area contributed by atoms with E-state index in [4.69, 9.17) is 0 Å². The van der Waals surface area contributed by atoms with Crippen LogP contribution < -0.4 is 5.32 Å². The van der Waals surface area contributed by atoms with E-state index in [-0.39, 0.29) is 17.8 Å². The molecule has 2 N–H and O–H groups in total. The van der Waals surface area contributed by atoms with E-state index in [1.165, 1.54) is 30.3 Å². The average Bonchev–Trinajstić information content (AvgIpc) is 2.40. The number of hydrogen-bond acceptors (Lipinski definition) is 2. The Morgan fingerprint density at radius 2 is 1.63 bits per heavy atom. The van der Waals surface area contributed by atoms with Crippen LogP contribution in [0.5, 0.6) is 0 Å². The van der Waals surface area contributed by atoms with Gasteiger partial charge in [-0.25, -0.2) is 13.2 Å². The smallest absolute Gasteiger partial charge is 0.181 e. The van der Waals surface area contributed by atoms with Gasteiger partial charge in [0.25, 0.3) is 0 Å². The molecule has 0 saturated heterocycles. The van der Waals surface area contributed by atoms with Crippen LogP contribution in [0.2, 0.25) is 0 Å². The summed E-state index contributed by atoms with van der Waals surface area (Å²) >= 11 is 0. The summed E-state index contributed by atoms with van der Waals surface area (Å²) in [6, 6.07) is 9.43. The zero-order valence-corrected chi connectivity index (χ0v) is 9.91. The highest BCUT2D eigenvalue weighted by Gasteiger charge is 2.13. The number of aliphatic hydroxyl groups is 1. The maximum absolute atomic E-state index is 13.4. The Balaban J connectivity index is 2.07. The Morgan fingerprint density at radius 1 is 0.947 bits per heavy atom. The van der Waals surface area contributed by atoms with Crippen LogP contribution in [-0.2, 0) is 0 Å². The largest absolute Gasteiger partial charge is 0.386 e. The molecule has 0 saturated carbocycles. The molecule has 0 aliphatic rings. The van der Waals surface area contributed by atoms with Gasteiger partial charge in [0, 0.05) is 12.1 Å². The molecule has 5 heteroatoms. The molecule has 1 atom stereocenters. The first-order valence-corrected chi connectivity index (χ1v) is 5.70. The minimum atomic E-state index is -1.15. The Labute approximate surface area is 108 Å². The number of benzene rings is 2. The topological polar surface area (TPSA) is 32.3 Å². The first-order chi connectivity index (χ1) is 9.09. The van der Waals surface area contributed by atoms with E-state index in [0.717, 1.165) is 6.07 Å².